The van der Waals surface area contributed by atoms with Crippen LogP contribution in [-0.4, -0.2) is 32.1 Å². The zero-order valence-electron chi connectivity index (χ0n) is 17.0. The van der Waals surface area contributed by atoms with Gasteiger partial charge in [0.15, 0.2) is 0 Å². The molecule has 3 heterocycles. The van der Waals surface area contributed by atoms with Crippen LogP contribution in [-0.2, 0) is 30.5 Å². The van der Waals surface area contributed by atoms with Crippen LogP contribution in [0.15, 0.2) is 23.0 Å². The summed E-state index contributed by atoms with van der Waals surface area (Å²) in [6, 6.07) is 5.94. The number of rotatable bonds is 4. The molecule has 1 aliphatic heterocycles. The van der Waals surface area contributed by atoms with E-state index < -0.39 is 0 Å². The van der Waals surface area contributed by atoms with E-state index >= 15 is 0 Å². The number of H-pyrrole nitrogens is 1. The van der Waals surface area contributed by atoms with Crippen LogP contribution < -0.4 is 15.6 Å². The van der Waals surface area contributed by atoms with Gasteiger partial charge in [-0.05, 0) is 62.6 Å². The van der Waals surface area contributed by atoms with E-state index in [0.29, 0.717) is 11.6 Å². The van der Waals surface area contributed by atoms with Gasteiger partial charge in [-0.15, -0.1) is 0 Å². The molecule has 0 bridgehead atoms. The van der Waals surface area contributed by atoms with Crippen LogP contribution in [0.4, 0.5) is 0 Å². The van der Waals surface area contributed by atoms with Gasteiger partial charge in [0, 0.05) is 5.56 Å². The first-order valence-electron chi connectivity index (χ1n) is 10.6. The molecule has 1 amide bonds. The molecule has 1 aliphatic carbocycles. The lowest BCUT2D eigenvalue weighted by Crippen LogP contribution is -2.29. The number of carbonyl (C=O) groups excluding carboxylic acids is 1. The number of aryl methyl sites for hydroxylation is 2. The molecular formula is C22H25N5O3. The Bertz CT molecular complexity index is 1180. The number of benzene rings is 1. The molecule has 2 N–H and O–H groups in total. The number of nitrogens with zero attached hydrogens (tertiary/aromatic N) is 3. The van der Waals surface area contributed by atoms with Gasteiger partial charge in [-0.3, -0.25) is 14.7 Å². The Hall–Kier alpha value is -3.16. The Morgan fingerprint density at radius 1 is 1.23 bits per heavy atom. The summed E-state index contributed by atoms with van der Waals surface area (Å²) in [4.78, 5) is 34.2. The monoisotopic (exact) mass is 407 g/mol. The normalized spacial score (nSPS) is 16.4. The standard InChI is InChI=1S/C22H25N5O3/c1-13(14-8-9-18-15(11-14)5-4-10-30-18)23-20(28)12-19-25-22-24-17-7-3-2-6-16(17)21(29)27(22)26-19/h8-9,11,13H,2-7,10,12H2,1H3,(H,23,28)(H,24,25,26). The Labute approximate surface area is 173 Å². The van der Waals surface area contributed by atoms with E-state index in [9.17, 15) is 9.59 Å². The molecule has 0 radical (unpaired) electrons. The molecule has 1 unspecified atom stereocenters. The average molecular weight is 407 g/mol. The van der Waals surface area contributed by atoms with Crippen molar-refractivity contribution in [3.8, 4) is 5.75 Å². The van der Waals surface area contributed by atoms with E-state index in [-0.39, 0.29) is 23.9 Å². The number of hydrogen-bond donors (Lipinski definition) is 2. The van der Waals surface area contributed by atoms with Crippen molar-refractivity contribution in [2.45, 2.75) is 57.9 Å². The van der Waals surface area contributed by atoms with Gasteiger partial charge >= 0.3 is 0 Å². The zero-order valence-corrected chi connectivity index (χ0v) is 17.0. The van der Waals surface area contributed by atoms with Gasteiger partial charge in [0.1, 0.15) is 11.6 Å². The van der Waals surface area contributed by atoms with E-state index in [1.807, 2.05) is 19.1 Å². The van der Waals surface area contributed by atoms with Gasteiger partial charge in [0.05, 0.1) is 24.8 Å². The second-order valence-corrected chi connectivity index (χ2v) is 8.14. The molecule has 8 nitrogen and oxygen atoms in total. The minimum Gasteiger partial charge on any atom is -0.493 e. The summed E-state index contributed by atoms with van der Waals surface area (Å²) in [6.07, 6.45) is 5.68. The van der Waals surface area contributed by atoms with Crippen molar-refractivity contribution in [1.29, 1.82) is 0 Å². The van der Waals surface area contributed by atoms with Gasteiger partial charge in [-0.25, -0.2) is 4.98 Å². The highest BCUT2D eigenvalue weighted by Crippen LogP contribution is 2.27. The fourth-order valence-corrected chi connectivity index (χ4v) is 4.35. The summed E-state index contributed by atoms with van der Waals surface area (Å²) < 4.78 is 7.02. The van der Waals surface area contributed by atoms with Crippen molar-refractivity contribution in [2.24, 2.45) is 0 Å². The molecule has 3 aromatic rings. The van der Waals surface area contributed by atoms with Crippen LogP contribution in [0.25, 0.3) is 5.78 Å². The highest BCUT2D eigenvalue weighted by molar-refractivity contribution is 5.78. The number of hydrogen-bond acceptors (Lipinski definition) is 5. The SMILES string of the molecule is CC(NC(=O)Cc1nc2nc3c(c(=O)n2[nH]1)CCCC3)c1ccc2c(c1)CCCO2. The molecule has 8 heteroatoms. The lowest BCUT2D eigenvalue weighted by Gasteiger charge is -2.20. The first-order chi connectivity index (χ1) is 14.6. The topological polar surface area (TPSA) is 101 Å². The number of nitrogens with one attached hydrogen (secondary N) is 2. The number of aromatic nitrogens is 4. The van der Waals surface area contributed by atoms with Crippen LogP contribution in [0, 0.1) is 0 Å². The van der Waals surface area contributed by atoms with E-state index in [0.717, 1.165) is 67.7 Å². The largest absolute Gasteiger partial charge is 0.493 e. The number of ether oxygens (including phenoxy) is 1. The van der Waals surface area contributed by atoms with E-state index in [1.165, 1.54) is 10.1 Å². The zero-order chi connectivity index (χ0) is 20.7. The van der Waals surface area contributed by atoms with Crippen LogP contribution in [0.1, 0.15) is 60.4 Å². The highest BCUT2D eigenvalue weighted by Gasteiger charge is 2.20. The third-order valence-electron chi connectivity index (χ3n) is 5.95. The smallest absolute Gasteiger partial charge is 0.277 e. The third kappa shape index (κ3) is 3.46. The molecule has 0 saturated heterocycles. The van der Waals surface area contributed by atoms with Crippen molar-refractivity contribution in [3.05, 3.63) is 56.8 Å². The minimum absolute atomic E-state index is 0.0614. The summed E-state index contributed by atoms with van der Waals surface area (Å²) in [5.74, 6) is 1.55. The molecular weight excluding hydrogens is 382 g/mol. The lowest BCUT2D eigenvalue weighted by molar-refractivity contribution is -0.121. The number of aromatic amines is 1. The van der Waals surface area contributed by atoms with Gasteiger partial charge in [-0.2, -0.15) is 9.50 Å². The predicted molar refractivity (Wildman–Crippen MR) is 111 cm³/mol. The maximum atomic E-state index is 12.7. The summed E-state index contributed by atoms with van der Waals surface area (Å²) >= 11 is 0. The lowest BCUT2D eigenvalue weighted by atomic mass is 9.97. The molecule has 0 fully saturated rings. The molecule has 5 rings (SSSR count). The van der Waals surface area contributed by atoms with Crippen LogP contribution >= 0.6 is 0 Å². The van der Waals surface area contributed by atoms with Crippen LogP contribution in [0.3, 0.4) is 0 Å². The molecule has 2 aromatic heterocycles. The Morgan fingerprint density at radius 2 is 2.10 bits per heavy atom. The van der Waals surface area contributed by atoms with Gasteiger partial charge in [0.2, 0.25) is 5.91 Å². The molecule has 0 spiro atoms. The number of amides is 1. The fraction of sp³-hybridized carbons (Fsp3) is 0.455. The number of carbonyl (C=O) groups is 1. The summed E-state index contributed by atoms with van der Waals surface area (Å²) in [5.41, 5.74) is 3.75. The quantitative estimate of drug-likeness (QED) is 0.689. The third-order valence-corrected chi connectivity index (χ3v) is 5.95. The fourth-order valence-electron chi connectivity index (χ4n) is 4.35. The highest BCUT2D eigenvalue weighted by atomic mass is 16.5. The first kappa shape index (κ1) is 18.8. The van der Waals surface area contributed by atoms with Crippen molar-refractivity contribution in [3.63, 3.8) is 0 Å². The predicted octanol–water partition coefficient (Wildman–Crippen LogP) is 2.04. The molecule has 1 atom stereocenters. The Morgan fingerprint density at radius 3 is 3.00 bits per heavy atom. The second-order valence-electron chi connectivity index (χ2n) is 8.14. The number of fused-ring (bicyclic) bond motifs is 3. The van der Waals surface area contributed by atoms with E-state index in [1.54, 1.807) is 0 Å². The van der Waals surface area contributed by atoms with Gasteiger partial charge in [-0.1, -0.05) is 12.1 Å². The molecule has 2 aliphatic rings. The van der Waals surface area contributed by atoms with Crippen molar-refractivity contribution in [2.75, 3.05) is 6.61 Å². The molecule has 0 saturated carbocycles. The van der Waals surface area contributed by atoms with Crippen LogP contribution in [0.2, 0.25) is 0 Å². The second kappa shape index (κ2) is 7.59. The van der Waals surface area contributed by atoms with Crippen LogP contribution in [0.5, 0.6) is 5.75 Å². The van der Waals surface area contributed by atoms with Gasteiger partial charge in [0.25, 0.3) is 11.3 Å². The summed E-state index contributed by atoms with van der Waals surface area (Å²) in [5, 5.41) is 5.97. The molecule has 30 heavy (non-hydrogen) atoms. The van der Waals surface area contributed by atoms with E-state index in [2.05, 4.69) is 26.4 Å². The average Bonchev–Trinajstić information content (AvgIpc) is 3.16. The van der Waals surface area contributed by atoms with E-state index in [4.69, 9.17) is 4.74 Å². The minimum atomic E-state index is -0.159. The molecule has 1 aromatic carbocycles. The van der Waals surface area contributed by atoms with Crippen molar-refractivity contribution in [1.82, 2.24) is 24.9 Å². The Kier molecular flexibility index (Phi) is 4.77. The maximum absolute atomic E-state index is 12.7. The van der Waals surface area contributed by atoms with Crippen molar-refractivity contribution >= 4 is 11.7 Å². The maximum Gasteiger partial charge on any atom is 0.277 e. The Balaban J connectivity index is 1.31. The molecule has 156 valence electrons. The van der Waals surface area contributed by atoms with Gasteiger partial charge < -0.3 is 10.1 Å². The summed E-state index contributed by atoms with van der Waals surface area (Å²) in [7, 11) is 0. The van der Waals surface area contributed by atoms with Crippen molar-refractivity contribution < 1.29 is 9.53 Å². The first-order valence-corrected chi connectivity index (χ1v) is 10.6. The summed E-state index contributed by atoms with van der Waals surface area (Å²) in [6.45, 7) is 2.72.